The molecule has 14 aromatic heterocycles. The predicted octanol–water partition coefficient (Wildman–Crippen LogP) is 15.8. The molecule has 1 aromatic carbocycles. The van der Waals surface area contributed by atoms with Crippen LogP contribution < -0.4 is 5.32 Å². The van der Waals surface area contributed by atoms with E-state index in [-0.39, 0.29) is 0 Å². The van der Waals surface area contributed by atoms with Crippen molar-refractivity contribution in [2.24, 2.45) is 14.1 Å². The number of rotatable bonds is 10. The summed E-state index contributed by atoms with van der Waals surface area (Å²) < 4.78 is 4.65. The van der Waals surface area contributed by atoms with Gasteiger partial charge in [-0.25, -0.2) is 24.9 Å². The van der Waals surface area contributed by atoms with Gasteiger partial charge in [-0.15, -0.1) is 11.3 Å². The number of allylic oxidation sites excluding steroid dienone is 2. The zero-order chi connectivity index (χ0) is 82.7. The lowest BCUT2D eigenvalue weighted by Gasteiger charge is -2.23. The molecular weight excluding hydrogens is 1500 g/mol. The number of pyridine rings is 6. The molecule has 1 atom stereocenters. The van der Waals surface area contributed by atoms with Crippen molar-refractivity contribution in [2.75, 3.05) is 73.3 Å². The van der Waals surface area contributed by atoms with Crippen molar-refractivity contribution >= 4 is 95.4 Å². The van der Waals surface area contributed by atoms with Crippen LogP contribution >= 0.6 is 11.3 Å². The van der Waals surface area contributed by atoms with E-state index in [0.717, 1.165) is 205 Å². The molecule has 22 nitrogen and oxygen atoms in total. The Bertz CT molecular complexity index is 6160. The normalized spacial score (nSPS) is 15.4. The van der Waals surface area contributed by atoms with E-state index in [1.165, 1.54) is 106 Å². The van der Waals surface area contributed by atoms with Gasteiger partial charge in [0.25, 0.3) is 0 Å². The maximum atomic E-state index is 10.7. The first kappa shape index (κ1) is 81.0. The van der Waals surface area contributed by atoms with Crippen LogP contribution in [-0.2, 0) is 91.9 Å². The van der Waals surface area contributed by atoms with Crippen molar-refractivity contribution in [2.45, 2.75) is 132 Å². The molecule has 5 N–H and O–H groups in total. The molecule has 23 heteroatoms. The largest absolute Gasteiger partial charge is 0.388 e. The number of aryl methyl sites for hydroxylation is 7. The summed E-state index contributed by atoms with van der Waals surface area (Å²) in [6.45, 7) is 25.5. The quantitative estimate of drug-likeness (QED) is 0.0801. The van der Waals surface area contributed by atoms with Gasteiger partial charge < -0.3 is 59.0 Å². The minimum absolute atomic E-state index is 0.524. The van der Waals surface area contributed by atoms with Gasteiger partial charge in [0.15, 0.2) is 5.82 Å². The number of nitrogens with zero attached hydrogens (tertiary/aromatic N) is 17. The van der Waals surface area contributed by atoms with Gasteiger partial charge in [-0.05, 0) is 218 Å². The highest BCUT2D eigenvalue weighted by molar-refractivity contribution is 7.10. The Hall–Kier alpha value is -11.7. The molecule has 15 aromatic rings. The van der Waals surface area contributed by atoms with E-state index in [4.69, 9.17) is 19.9 Å². The van der Waals surface area contributed by atoms with Crippen LogP contribution in [0.4, 0.5) is 5.82 Å². The van der Waals surface area contributed by atoms with E-state index in [9.17, 15) is 5.11 Å². The SMILES string of the molecule is C/C(=C/c1nc(C)nc2c3c(n(C)c12)CCN(C)C3)c1ccncc1.C/C(=C\c1cc(C)nc2c3c(n(C)c12)CCN(C)C3)c1ccncc1.CN1CCc2[nH]c3c(NCc4ccncc4)ncnc3c2C1.Cc1cc2c3c([nH]c2c(C#Cc2cccs2)n1)CCN(C)C3.Cc1ccc(C(O)Cc2nc(C)cc3c4c([nH]c23)CCN(C)C4)cc1. The van der Waals surface area contributed by atoms with Gasteiger partial charge in [0.2, 0.25) is 0 Å². The van der Waals surface area contributed by atoms with Gasteiger partial charge in [-0.2, -0.15) is 0 Å². The molecule has 5 aliphatic heterocycles. The Morgan fingerprint density at radius 3 is 1.63 bits per heavy atom. The van der Waals surface area contributed by atoms with Gasteiger partial charge in [-0.1, -0.05) is 35.9 Å². The predicted molar refractivity (Wildman–Crippen MR) is 482 cm³/mol. The van der Waals surface area contributed by atoms with Crippen LogP contribution in [-0.4, -0.2) is 171 Å². The first-order valence-electron chi connectivity index (χ1n) is 41.3. The van der Waals surface area contributed by atoms with E-state index in [0.29, 0.717) is 6.42 Å². The molecule has 0 saturated carbocycles. The first-order chi connectivity index (χ1) is 57.6. The molecule has 5 aliphatic rings. The second kappa shape index (κ2) is 35.5. The average molecular weight is 1600 g/mol. The van der Waals surface area contributed by atoms with Gasteiger partial charge in [-0.3, -0.25) is 24.9 Å². The summed E-state index contributed by atoms with van der Waals surface area (Å²) in [5.41, 5.74) is 37.8. The molecule has 19 heterocycles. The smallest absolute Gasteiger partial charge is 0.154 e. The first-order valence-corrected chi connectivity index (χ1v) is 42.2. The van der Waals surface area contributed by atoms with Crippen molar-refractivity contribution in [1.82, 2.24) is 98.4 Å². The summed E-state index contributed by atoms with van der Waals surface area (Å²) >= 11 is 1.66. The number of benzene rings is 1. The molecule has 0 fully saturated rings. The number of nitrogens with one attached hydrogen (secondary N) is 4. The standard InChI is InChI=1S/C21H24N4.C21H25N3O.C20H23N5.C18H17N3S.C16H18N6/c1-14(16-5-8-22-9-6-16)11-17-12-15(2)23-20-18-13-24(3)10-7-19(18)25(4)21(17)20;1-13-4-6-15(7-5-13)20(25)11-19-21-16(10-14(2)22-19)17-12-24(3)9-8-18(17)23-21;1-13(15-5-8-21-9-6-15)11-17-20-19(23-14(2)22-17)16-12-24(3)10-7-18(16)25(20)4;1-12-10-14-15-11-21(2)8-7-16(15)20-18(14)17(19-12)6-5-13-4-3-9-22-13;1-22-7-4-13-12(9-22)14-15(21-13)16(20-10-19-14)18-8-11-2-5-17-6-3-11/h5-6,8-9,11-12H,7,10,13H2,1-4H3;4-7,10,20,23,25H,8-9,11-12H2,1-3H3;5-6,8-9,11H,7,10,12H2,1-4H3;3-4,9-10,20H,7-8,11H2,1-2H3;2-3,5-6,10,21H,4,7-9H2,1H3,(H,18,19,20)/b14-11+;;13-11-;;. The summed E-state index contributed by atoms with van der Waals surface area (Å²) in [5.74, 6) is 8.16. The van der Waals surface area contributed by atoms with Gasteiger partial charge >= 0.3 is 0 Å². The number of aromatic amines is 3. The van der Waals surface area contributed by atoms with E-state index in [1.54, 1.807) is 30.1 Å². The zero-order valence-corrected chi connectivity index (χ0v) is 71.8. The number of likely N-dealkylation sites (N-methyl/N-ethyl adjacent to an activating group) is 5. The lowest BCUT2D eigenvalue weighted by atomic mass is 10.0. The maximum absolute atomic E-state index is 10.7. The Kier molecular flexibility index (Phi) is 24.1. The third-order valence-corrected chi connectivity index (χ3v) is 24.5. The second-order valence-corrected chi connectivity index (χ2v) is 33.8. The number of anilines is 1. The van der Waals surface area contributed by atoms with Gasteiger partial charge in [0.05, 0.1) is 61.0 Å². The lowest BCUT2D eigenvalue weighted by molar-refractivity contribution is 0.177. The average Bonchev–Trinajstić information content (AvgIpc) is 1.61. The van der Waals surface area contributed by atoms with Crippen LogP contribution in [0, 0.1) is 46.5 Å². The number of H-pyrrole nitrogens is 3. The molecule has 0 saturated heterocycles. The van der Waals surface area contributed by atoms with E-state index >= 15 is 0 Å². The summed E-state index contributed by atoms with van der Waals surface area (Å²) in [6, 6.07) is 30.9. The van der Waals surface area contributed by atoms with E-state index in [1.807, 2.05) is 112 Å². The highest BCUT2D eigenvalue weighted by atomic mass is 32.1. The summed E-state index contributed by atoms with van der Waals surface area (Å²) in [7, 11) is 15.2. The molecule has 0 amide bonds. The van der Waals surface area contributed by atoms with Crippen molar-refractivity contribution < 1.29 is 5.11 Å². The summed E-state index contributed by atoms with van der Waals surface area (Å²) in [5, 5.41) is 18.7. The van der Waals surface area contributed by atoms with Crippen LogP contribution in [0.1, 0.15) is 154 Å². The van der Waals surface area contributed by atoms with Crippen LogP contribution in [0.3, 0.4) is 0 Å². The summed E-state index contributed by atoms with van der Waals surface area (Å²) in [6.07, 6.45) is 22.3. The molecule has 0 bridgehead atoms. The molecular formula is C96H107N21OS. The van der Waals surface area contributed by atoms with Crippen molar-refractivity contribution in [3.05, 3.63) is 274 Å². The Morgan fingerprint density at radius 2 is 1.03 bits per heavy atom. The fourth-order valence-electron chi connectivity index (χ4n) is 17.4. The van der Waals surface area contributed by atoms with Crippen LogP contribution in [0.2, 0.25) is 0 Å². The number of aliphatic hydroxyl groups is 1. The van der Waals surface area contributed by atoms with E-state index in [2.05, 4.69) is 215 Å². The van der Waals surface area contributed by atoms with E-state index < -0.39 is 6.10 Å². The van der Waals surface area contributed by atoms with Crippen LogP contribution in [0.15, 0.2) is 140 Å². The number of thiophene rings is 1. The third kappa shape index (κ3) is 17.9. The number of fused-ring (bicyclic) bond motifs is 15. The minimum Gasteiger partial charge on any atom is -0.388 e. The number of hydrogen-bond acceptors (Lipinski definition) is 18. The zero-order valence-electron chi connectivity index (χ0n) is 71.0. The molecule has 608 valence electrons. The molecule has 1 unspecified atom stereocenters. The Balaban J connectivity index is 0.000000111. The third-order valence-electron chi connectivity index (χ3n) is 23.7. The van der Waals surface area contributed by atoms with Crippen LogP contribution in [0.25, 0.3) is 78.2 Å². The van der Waals surface area contributed by atoms with Gasteiger partial charge in [0, 0.05) is 240 Å². The minimum atomic E-state index is -0.541. The molecule has 20 rings (SSSR count). The highest BCUT2D eigenvalue weighted by Crippen LogP contribution is 2.38. The number of hydrogen-bond donors (Lipinski definition) is 5. The number of aromatic nitrogens is 15. The van der Waals surface area contributed by atoms with Crippen molar-refractivity contribution in [3.8, 4) is 11.8 Å². The Labute approximate surface area is 700 Å². The van der Waals surface area contributed by atoms with Crippen molar-refractivity contribution in [1.29, 1.82) is 0 Å². The number of aliphatic hydroxyl groups excluding tert-OH is 1. The monoisotopic (exact) mass is 1600 g/mol. The molecule has 0 radical (unpaired) electrons. The van der Waals surface area contributed by atoms with Crippen molar-refractivity contribution in [3.63, 3.8) is 0 Å². The molecule has 0 spiro atoms. The molecule has 119 heavy (non-hydrogen) atoms. The fourth-order valence-corrected chi connectivity index (χ4v) is 18.0. The molecule has 0 aliphatic carbocycles. The van der Waals surface area contributed by atoms with Crippen LogP contribution in [0.5, 0.6) is 0 Å². The topological polar surface area (TPSA) is 235 Å². The lowest BCUT2D eigenvalue weighted by Crippen LogP contribution is -2.27. The second-order valence-electron chi connectivity index (χ2n) is 32.9. The highest BCUT2D eigenvalue weighted by Gasteiger charge is 2.29. The Morgan fingerprint density at radius 1 is 0.513 bits per heavy atom. The fraction of sp³-hybridized carbons (Fsp3) is 0.333. The van der Waals surface area contributed by atoms with Gasteiger partial charge in [0.1, 0.15) is 23.4 Å². The maximum Gasteiger partial charge on any atom is 0.154 e. The summed E-state index contributed by atoms with van der Waals surface area (Å²) in [4.78, 5) is 68.5.